The fourth-order valence-corrected chi connectivity index (χ4v) is 2.56. The minimum absolute atomic E-state index is 0.192. The number of aromatic nitrogens is 2. The van der Waals surface area contributed by atoms with Crippen LogP contribution in [0, 0.1) is 20.8 Å². The molecule has 0 spiro atoms. The van der Waals surface area contributed by atoms with E-state index in [0.29, 0.717) is 23.7 Å². The Balaban J connectivity index is 1.61. The van der Waals surface area contributed by atoms with Gasteiger partial charge in [0.1, 0.15) is 5.82 Å². The molecule has 3 aromatic rings. The number of hydrogen-bond donors (Lipinski definition) is 2. The fraction of sp³-hybridized carbons (Fsp3) is 0.190. The molecule has 0 atom stereocenters. The van der Waals surface area contributed by atoms with Crippen molar-refractivity contribution in [2.24, 2.45) is 0 Å². The molecule has 1 aromatic heterocycles. The van der Waals surface area contributed by atoms with Gasteiger partial charge in [-0.15, -0.1) is 10.2 Å². The standard InChI is InChI=1S/C21H22N4O/c1-14-8-9-17(12-16(14)3)21(26)23-20-11-10-19(24-25-20)22-13-18-7-5-4-6-15(18)2/h4-12H,13H2,1-3H3,(H,22,24)(H,23,25,26). The van der Waals surface area contributed by atoms with Gasteiger partial charge in [0, 0.05) is 12.1 Å². The first-order chi connectivity index (χ1) is 12.5. The lowest BCUT2D eigenvalue weighted by molar-refractivity contribution is 0.102. The molecule has 2 aromatic carbocycles. The van der Waals surface area contributed by atoms with Crippen molar-refractivity contribution in [2.75, 3.05) is 10.6 Å². The summed E-state index contributed by atoms with van der Waals surface area (Å²) in [6, 6.07) is 17.4. The van der Waals surface area contributed by atoms with Crippen LogP contribution in [0.5, 0.6) is 0 Å². The van der Waals surface area contributed by atoms with E-state index >= 15 is 0 Å². The third-order valence-corrected chi connectivity index (χ3v) is 4.40. The van der Waals surface area contributed by atoms with Crippen LogP contribution >= 0.6 is 0 Å². The summed E-state index contributed by atoms with van der Waals surface area (Å²) in [6.07, 6.45) is 0. The van der Waals surface area contributed by atoms with Crippen LogP contribution in [0.15, 0.2) is 54.6 Å². The normalized spacial score (nSPS) is 10.4. The third kappa shape index (κ3) is 4.25. The fourth-order valence-electron chi connectivity index (χ4n) is 2.56. The van der Waals surface area contributed by atoms with Crippen molar-refractivity contribution in [3.63, 3.8) is 0 Å². The number of nitrogens with zero attached hydrogens (tertiary/aromatic N) is 2. The second-order valence-electron chi connectivity index (χ2n) is 6.34. The third-order valence-electron chi connectivity index (χ3n) is 4.40. The zero-order valence-electron chi connectivity index (χ0n) is 15.2. The Morgan fingerprint density at radius 1 is 0.846 bits per heavy atom. The van der Waals surface area contributed by atoms with Crippen molar-refractivity contribution in [3.8, 4) is 0 Å². The maximum Gasteiger partial charge on any atom is 0.256 e. The number of nitrogens with one attached hydrogen (secondary N) is 2. The van der Waals surface area contributed by atoms with E-state index in [1.54, 1.807) is 12.1 Å². The first-order valence-corrected chi connectivity index (χ1v) is 8.53. The van der Waals surface area contributed by atoms with E-state index in [1.807, 2.05) is 44.2 Å². The summed E-state index contributed by atoms with van der Waals surface area (Å²) in [5.41, 5.74) is 5.29. The molecule has 0 aliphatic carbocycles. The Morgan fingerprint density at radius 3 is 2.27 bits per heavy atom. The van der Waals surface area contributed by atoms with E-state index in [1.165, 1.54) is 11.1 Å². The smallest absolute Gasteiger partial charge is 0.256 e. The Bertz CT molecular complexity index is 920. The van der Waals surface area contributed by atoms with Crippen molar-refractivity contribution in [2.45, 2.75) is 27.3 Å². The molecule has 2 N–H and O–H groups in total. The molecule has 132 valence electrons. The quantitative estimate of drug-likeness (QED) is 0.724. The number of aryl methyl sites for hydroxylation is 3. The second kappa shape index (κ2) is 7.78. The van der Waals surface area contributed by atoms with Crippen LogP contribution in [0.25, 0.3) is 0 Å². The predicted octanol–water partition coefficient (Wildman–Crippen LogP) is 4.27. The van der Waals surface area contributed by atoms with Crippen molar-refractivity contribution < 1.29 is 4.79 Å². The first kappa shape index (κ1) is 17.6. The predicted molar refractivity (Wildman–Crippen MR) is 104 cm³/mol. The topological polar surface area (TPSA) is 66.9 Å². The average Bonchev–Trinajstić information content (AvgIpc) is 2.64. The van der Waals surface area contributed by atoms with Gasteiger partial charge >= 0.3 is 0 Å². The molecule has 0 unspecified atom stereocenters. The molecule has 0 bridgehead atoms. The number of rotatable bonds is 5. The number of amides is 1. The molecule has 0 saturated heterocycles. The Labute approximate surface area is 153 Å². The molecule has 0 aliphatic heterocycles. The summed E-state index contributed by atoms with van der Waals surface area (Å²) in [6.45, 7) is 6.76. The molecule has 5 heteroatoms. The van der Waals surface area contributed by atoms with Crippen LogP contribution in [0.3, 0.4) is 0 Å². The number of hydrogen-bond acceptors (Lipinski definition) is 4. The molecule has 0 saturated carbocycles. The van der Waals surface area contributed by atoms with Crippen molar-refractivity contribution >= 4 is 17.5 Å². The van der Waals surface area contributed by atoms with Crippen LogP contribution < -0.4 is 10.6 Å². The van der Waals surface area contributed by atoms with Gasteiger partial charge in [-0.3, -0.25) is 4.79 Å². The highest BCUT2D eigenvalue weighted by atomic mass is 16.1. The zero-order chi connectivity index (χ0) is 18.5. The summed E-state index contributed by atoms with van der Waals surface area (Å²) >= 11 is 0. The van der Waals surface area contributed by atoms with Gasteiger partial charge in [-0.2, -0.15) is 0 Å². The lowest BCUT2D eigenvalue weighted by Gasteiger charge is -2.09. The number of carbonyl (C=O) groups is 1. The minimum atomic E-state index is -0.192. The molecular formula is C21H22N4O. The van der Waals surface area contributed by atoms with Gasteiger partial charge in [-0.05, 0) is 67.3 Å². The van der Waals surface area contributed by atoms with Crippen LogP contribution in [0.4, 0.5) is 11.6 Å². The first-order valence-electron chi connectivity index (χ1n) is 8.53. The highest BCUT2D eigenvalue weighted by molar-refractivity contribution is 6.03. The Kier molecular flexibility index (Phi) is 5.27. The highest BCUT2D eigenvalue weighted by Gasteiger charge is 2.08. The summed E-state index contributed by atoms with van der Waals surface area (Å²) < 4.78 is 0. The average molecular weight is 346 g/mol. The van der Waals surface area contributed by atoms with Crippen LogP contribution in [0.2, 0.25) is 0 Å². The van der Waals surface area contributed by atoms with Gasteiger partial charge in [-0.25, -0.2) is 0 Å². The Morgan fingerprint density at radius 2 is 1.58 bits per heavy atom. The monoisotopic (exact) mass is 346 g/mol. The minimum Gasteiger partial charge on any atom is -0.364 e. The molecule has 26 heavy (non-hydrogen) atoms. The van der Waals surface area contributed by atoms with Gasteiger partial charge in [0.2, 0.25) is 0 Å². The molecule has 3 rings (SSSR count). The maximum absolute atomic E-state index is 12.3. The van der Waals surface area contributed by atoms with Gasteiger partial charge in [0.15, 0.2) is 5.82 Å². The summed E-state index contributed by atoms with van der Waals surface area (Å²) in [7, 11) is 0. The summed E-state index contributed by atoms with van der Waals surface area (Å²) in [5, 5.41) is 14.2. The van der Waals surface area contributed by atoms with Gasteiger partial charge in [0.05, 0.1) is 0 Å². The molecule has 0 aliphatic rings. The zero-order valence-corrected chi connectivity index (χ0v) is 15.2. The van der Waals surface area contributed by atoms with Crippen LogP contribution in [0.1, 0.15) is 32.6 Å². The molecular weight excluding hydrogens is 324 g/mol. The maximum atomic E-state index is 12.3. The van der Waals surface area contributed by atoms with Crippen LogP contribution in [-0.4, -0.2) is 16.1 Å². The lowest BCUT2D eigenvalue weighted by atomic mass is 10.1. The number of carbonyl (C=O) groups excluding carboxylic acids is 1. The highest BCUT2D eigenvalue weighted by Crippen LogP contribution is 2.13. The van der Waals surface area contributed by atoms with E-state index < -0.39 is 0 Å². The lowest BCUT2D eigenvalue weighted by Crippen LogP contribution is -2.14. The number of benzene rings is 2. The SMILES string of the molecule is Cc1ccc(C(=O)Nc2ccc(NCc3ccccc3C)nn2)cc1C. The van der Waals surface area contributed by atoms with E-state index in [2.05, 4.69) is 39.9 Å². The van der Waals surface area contributed by atoms with E-state index in [-0.39, 0.29) is 5.91 Å². The van der Waals surface area contributed by atoms with Gasteiger partial charge in [-0.1, -0.05) is 30.3 Å². The van der Waals surface area contributed by atoms with Crippen molar-refractivity contribution in [3.05, 3.63) is 82.4 Å². The van der Waals surface area contributed by atoms with E-state index in [0.717, 1.165) is 11.1 Å². The second-order valence-corrected chi connectivity index (χ2v) is 6.34. The van der Waals surface area contributed by atoms with E-state index in [9.17, 15) is 4.79 Å². The molecule has 0 radical (unpaired) electrons. The van der Waals surface area contributed by atoms with Gasteiger partial charge < -0.3 is 10.6 Å². The van der Waals surface area contributed by atoms with Gasteiger partial charge in [0.25, 0.3) is 5.91 Å². The molecule has 1 amide bonds. The Hall–Kier alpha value is -3.21. The number of anilines is 2. The largest absolute Gasteiger partial charge is 0.364 e. The van der Waals surface area contributed by atoms with E-state index in [4.69, 9.17) is 0 Å². The summed E-state index contributed by atoms with van der Waals surface area (Å²) in [4.78, 5) is 12.3. The van der Waals surface area contributed by atoms with Crippen molar-refractivity contribution in [1.29, 1.82) is 0 Å². The van der Waals surface area contributed by atoms with Crippen molar-refractivity contribution in [1.82, 2.24) is 10.2 Å². The summed E-state index contributed by atoms with van der Waals surface area (Å²) in [5.74, 6) is 0.898. The van der Waals surface area contributed by atoms with Crippen LogP contribution in [-0.2, 0) is 6.54 Å². The molecule has 1 heterocycles. The molecule has 5 nitrogen and oxygen atoms in total. The molecule has 0 fully saturated rings.